The first-order chi connectivity index (χ1) is 17.7. The van der Waals surface area contributed by atoms with Gasteiger partial charge in [0.05, 0.1) is 11.7 Å². The summed E-state index contributed by atoms with van der Waals surface area (Å²) in [6.45, 7) is 3.99. The Morgan fingerprint density at radius 1 is 1.16 bits per heavy atom. The second-order valence-corrected chi connectivity index (χ2v) is 10.6. The number of aliphatic hydroxyl groups excluding tert-OH is 1. The van der Waals surface area contributed by atoms with Crippen LogP contribution in [0.15, 0.2) is 42.5 Å². The number of β-amino-alcohol motifs (C(OH)–C–C–N with tert-alkyl or cyclic N) is 1. The van der Waals surface area contributed by atoms with E-state index in [1.807, 2.05) is 37.3 Å². The molecular weight excluding hydrogens is 473 g/mol. The molecule has 2 aliphatic rings. The van der Waals surface area contributed by atoms with Crippen LogP contribution in [0.3, 0.4) is 0 Å². The van der Waals surface area contributed by atoms with Crippen LogP contribution in [0.25, 0.3) is 11.1 Å². The Hall–Kier alpha value is -2.52. The first kappa shape index (κ1) is 27.5. The fourth-order valence-electron chi connectivity index (χ4n) is 5.89. The van der Waals surface area contributed by atoms with Gasteiger partial charge in [0.2, 0.25) is 0 Å². The minimum absolute atomic E-state index is 0.170. The van der Waals surface area contributed by atoms with E-state index in [1.165, 1.54) is 6.07 Å². The Morgan fingerprint density at radius 3 is 2.65 bits per heavy atom. The summed E-state index contributed by atoms with van der Waals surface area (Å²) < 4.78 is 20.7. The summed E-state index contributed by atoms with van der Waals surface area (Å²) >= 11 is 0. The summed E-state index contributed by atoms with van der Waals surface area (Å²) in [4.78, 5) is 16.7. The van der Waals surface area contributed by atoms with Crippen LogP contribution < -0.4 is 5.73 Å². The van der Waals surface area contributed by atoms with E-state index in [0.29, 0.717) is 50.2 Å². The molecule has 2 saturated heterocycles. The van der Waals surface area contributed by atoms with Gasteiger partial charge in [-0.1, -0.05) is 42.0 Å². The number of hydrogen-bond acceptors (Lipinski definition) is 5. The molecule has 37 heavy (non-hydrogen) atoms. The Bertz CT molecular complexity index is 1070. The van der Waals surface area contributed by atoms with E-state index in [0.717, 1.165) is 30.4 Å². The van der Waals surface area contributed by atoms with E-state index in [4.69, 9.17) is 10.5 Å². The van der Waals surface area contributed by atoms with Gasteiger partial charge in [-0.2, -0.15) is 0 Å². The normalized spacial score (nSPS) is 23.8. The average molecular weight is 514 g/mol. The molecule has 4 atom stereocenters. The van der Waals surface area contributed by atoms with Crippen molar-refractivity contribution in [3.63, 3.8) is 0 Å². The largest absolute Gasteiger partial charge is 0.390 e. The molecular formula is C29H40FN3O4. The average Bonchev–Trinajstić information content (AvgIpc) is 3.23. The summed E-state index contributed by atoms with van der Waals surface area (Å²) in [6.07, 6.45) is 2.62. The van der Waals surface area contributed by atoms with Gasteiger partial charge >= 0.3 is 6.03 Å². The highest BCUT2D eigenvalue weighted by molar-refractivity contribution is 5.75. The molecule has 0 aromatic heterocycles. The summed E-state index contributed by atoms with van der Waals surface area (Å²) in [5, 5.41) is 22.5. The minimum Gasteiger partial charge on any atom is -0.390 e. The number of urea groups is 1. The van der Waals surface area contributed by atoms with Gasteiger partial charge in [0, 0.05) is 57.4 Å². The summed E-state index contributed by atoms with van der Waals surface area (Å²) in [5.74, 6) is -0.651. The lowest BCUT2D eigenvalue weighted by Gasteiger charge is -2.44. The maximum absolute atomic E-state index is 15.5. The Morgan fingerprint density at radius 2 is 1.95 bits per heavy atom. The number of aryl methyl sites for hydroxylation is 1. The molecule has 202 valence electrons. The molecule has 2 aromatic carbocycles. The third-order valence-corrected chi connectivity index (χ3v) is 7.91. The Balaban J connectivity index is 1.68. The van der Waals surface area contributed by atoms with E-state index >= 15 is 4.39 Å². The number of carbonyl (C=O) groups excluding carboxylic acids is 1. The third kappa shape index (κ3) is 5.98. The monoisotopic (exact) mass is 513 g/mol. The molecule has 2 aliphatic heterocycles. The zero-order valence-electron chi connectivity index (χ0n) is 21.9. The quantitative estimate of drug-likeness (QED) is 0.468. The molecule has 0 unspecified atom stereocenters. The molecule has 2 heterocycles. The van der Waals surface area contributed by atoms with Crippen molar-refractivity contribution in [2.24, 2.45) is 11.7 Å². The number of ether oxygens (including phenoxy) is 1. The van der Waals surface area contributed by atoms with Crippen LogP contribution in [0.5, 0.6) is 0 Å². The molecule has 2 aromatic rings. The van der Waals surface area contributed by atoms with Gasteiger partial charge in [0.1, 0.15) is 5.82 Å². The molecule has 0 bridgehead atoms. The number of hydrogen-bond donors (Lipinski definition) is 3. The molecule has 7 nitrogen and oxygen atoms in total. The van der Waals surface area contributed by atoms with Gasteiger partial charge < -0.3 is 30.5 Å². The molecule has 4 rings (SSSR count). The highest BCUT2D eigenvalue weighted by Gasteiger charge is 2.44. The standard InChI is InChI=1S/C29H40FN3O4/c1-20-8-5-9-21(16-20)27-23(11-6-12-24(27)30)29(36,13-3-4-15-37-2)22-10-7-14-32(17-22)28(35)33-18-25(31)26(34)19-33/h5-6,8-9,11-12,16,22,25-26,34,36H,3-4,7,10,13-15,17-19,31H2,1-2H3/t22-,25-,26+,29+/m1/s1. The van der Waals surface area contributed by atoms with Crippen molar-refractivity contribution < 1.29 is 24.1 Å². The van der Waals surface area contributed by atoms with Gasteiger partial charge in [-0.25, -0.2) is 9.18 Å². The number of carbonyl (C=O) groups is 1. The number of piperidine rings is 1. The number of nitrogens with two attached hydrogens (primary N) is 1. The highest BCUT2D eigenvalue weighted by atomic mass is 19.1. The van der Waals surface area contributed by atoms with E-state index in [9.17, 15) is 15.0 Å². The van der Waals surface area contributed by atoms with Crippen LogP contribution in [0.1, 0.15) is 43.2 Å². The van der Waals surface area contributed by atoms with Gasteiger partial charge in [-0.3, -0.25) is 0 Å². The Kier molecular flexibility index (Phi) is 8.85. The highest BCUT2D eigenvalue weighted by Crippen LogP contribution is 2.44. The van der Waals surface area contributed by atoms with Gasteiger partial charge in [-0.15, -0.1) is 0 Å². The fourth-order valence-corrected chi connectivity index (χ4v) is 5.89. The topological polar surface area (TPSA) is 99.3 Å². The summed E-state index contributed by atoms with van der Waals surface area (Å²) in [6, 6.07) is 12.0. The molecule has 2 amide bonds. The van der Waals surface area contributed by atoms with Crippen molar-refractivity contribution in [2.45, 2.75) is 56.8 Å². The van der Waals surface area contributed by atoms with Crippen molar-refractivity contribution in [2.75, 3.05) is 39.9 Å². The number of unbranched alkanes of at least 4 members (excludes halogenated alkanes) is 1. The number of methoxy groups -OCH3 is 1. The zero-order chi connectivity index (χ0) is 26.6. The van der Waals surface area contributed by atoms with Crippen molar-refractivity contribution in [1.82, 2.24) is 9.80 Å². The fraction of sp³-hybridized carbons (Fsp3) is 0.552. The van der Waals surface area contributed by atoms with Crippen molar-refractivity contribution in [3.05, 3.63) is 59.4 Å². The van der Waals surface area contributed by atoms with Gasteiger partial charge in [0.25, 0.3) is 0 Å². The van der Waals surface area contributed by atoms with Crippen LogP contribution in [0.4, 0.5) is 9.18 Å². The number of rotatable bonds is 8. The van der Waals surface area contributed by atoms with Crippen molar-refractivity contribution >= 4 is 6.03 Å². The molecule has 4 N–H and O–H groups in total. The summed E-state index contributed by atoms with van der Waals surface area (Å²) in [5.41, 5.74) is 7.31. The predicted molar refractivity (Wildman–Crippen MR) is 141 cm³/mol. The second-order valence-electron chi connectivity index (χ2n) is 10.6. The lowest BCUT2D eigenvalue weighted by atomic mass is 9.72. The number of benzene rings is 2. The molecule has 2 fully saturated rings. The molecule has 8 heteroatoms. The van der Waals surface area contributed by atoms with Crippen LogP contribution in [-0.2, 0) is 10.3 Å². The predicted octanol–water partition coefficient (Wildman–Crippen LogP) is 3.64. The first-order valence-corrected chi connectivity index (χ1v) is 13.3. The lowest BCUT2D eigenvalue weighted by Crippen LogP contribution is -2.52. The molecule has 0 spiro atoms. The van der Waals surface area contributed by atoms with Crippen LogP contribution in [0.2, 0.25) is 0 Å². The number of likely N-dealkylation sites (tertiary alicyclic amines) is 2. The third-order valence-electron chi connectivity index (χ3n) is 7.91. The molecule has 0 saturated carbocycles. The SMILES string of the molecule is COCCCC[C@@](O)(c1cccc(F)c1-c1cccc(C)c1)[C@@H]1CCCN(C(=O)N2C[C@@H](N)[C@@H](O)C2)C1. The van der Waals surface area contributed by atoms with Crippen molar-refractivity contribution in [3.8, 4) is 11.1 Å². The maximum atomic E-state index is 15.5. The number of nitrogens with zero attached hydrogens (tertiary/aromatic N) is 2. The van der Waals surface area contributed by atoms with Gasteiger partial charge in [0.15, 0.2) is 0 Å². The maximum Gasteiger partial charge on any atom is 0.320 e. The zero-order valence-corrected chi connectivity index (χ0v) is 21.9. The number of aliphatic hydroxyl groups is 2. The second kappa shape index (κ2) is 11.9. The molecule has 0 radical (unpaired) electrons. The van der Waals surface area contributed by atoms with E-state index in [1.54, 1.807) is 23.0 Å². The first-order valence-electron chi connectivity index (χ1n) is 13.3. The number of halogens is 1. The van der Waals surface area contributed by atoms with Crippen LogP contribution in [-0.4, -0.2) is 78.1 Å². The van der Waals surface area contributed by atoms with E-state index in [2.05, 4.69) is 0 Å². The Labute approximate surface area is 219 Å². The van der Waals surface area contributed by atoms with Crippen LogP contribution >= 0.6 is 0 Å². The lowest BCUT2D eigenvalue weighted by molar-refractivity contribution is -0.0573. The van der Waals surface area contributed by atoms with Crippen molar-refractivity contribution in [1.29, 1.82) is 0 Å². The summed E-state index contributed by atoms with van der Waals surface area (Å²) in [7, 11) is 1.65. The molecule has 0 aliphatic carbocycles. The van der Waals surface area contributed by atoms with Gasteiger partial charge in [-0.05, 0) is 56.2 Å². The smallest absolute Gasteiger partial charge is 0.320 e. The number of amides is 2. The van der Waals surface area contributed by atoms with E-state index < -0.39 is 17.7 Å². The van der Waals surface area contributed by atoms with Crippen LogP contribution in [0, 0.1) is 18.7 Å². The minimum atomic E-state index is -1.34. The van der Waals surface area contributed by atoms with E-state index in [-0.39, 0.29) is 24.3 Å².